The van der Waals surface area contributed by atoms with Crippen LogP contribution in [-0.4, -0.2) is 23.3 Å². The highest BCUT2D eigenvalue weighted by atomic mass is 16.3. The average Bonchev–Trinajstić information content (AvgIpc) is 1.59. The lowest BCUT2D eigenvalue weighted by molar-refractivity contribution is 0.0615. The van der Waals surface area contributed by atoms with Crippen LogP contribution in [0.5, 0.6) is 0 Å². The minimum atomic E-state index is -0.540. The van der Waals surface area contributed by atoms with Crippen molar-refractivity contribution < 1.29 is 5.11 Å². The normalized spacial score (nSPS) is 15.3. The second kappa shape index (κ2) is 3.94. The van der Waals surface area contributed by atoms with Gasteiger partial charge in [-0.25, -0.2) is 0 Å². The second-order valence-electron chi connectivity index (χ2n) is 3.48. The van der Waals surface area contributed by atoms with Gasteiger partial charge in [0.05, 0.1) is 5.60 Å². The fraction of sp³-hybridized carbons (Fsp3) is 1.00. The molecule has 2 N–H and O–H groups in total. The first-order valence-corrected chi connectivity index (χ1v) is 3.91. The number of rotatable bonds is 4. The predicted octanol–water partition coefficient (Wildman–Crippen LogP) is 1.15. The van der Waals surface area contributed by atoms with Crippen molar-refractivity contribution >= 4 is 0 Å². The van der Waals surface area contributed by atoms with Crippen LogP contribution in [0, 0.1) is 0 Å². The van der Waals surface area contributed by atoms with E-state index in [4.69, 9.17) is 0 Å². The number of aliphatic hydroxyl groups is 1. The summed E-state index contributed by atoms with van der Waals surface area (Å²) in [6, 6.07) is 0.407. The van der Waals surface area contributed by atoms with E-state index in [1.54, 1.807) is 0 Å². The molecule has 0 aromatic heterocycles. The molecule has 0 radical (unpaired) electrons. The van der Waals surface area contributed by atoms with E-state index in [0.29, 0.717) is 6.04 Å². The van der Waals surface area contributed by atoms with Crippen LogP contribution in [-0.2, 0) is 0 Å². The molecule has 0 amide bonds. The van der Waals surface area contributed by atoms with Gasteiger partial charge in [0.15, 0.2) is 0 Å². The fourth-order valence-corrected chi connectivity index (χ4v) is 1.17. The summed E-state index contributed by atoms with van der Waals surface area (Å²) in [4.78, 5) is 0. The number of hydrogen-bond acceptors (Lipinski definition) is 2. The van der Waals surface area contributed by atoms with E-state index in [9.17, 15) is 5.11 Å². The lowest BCUT2D eigenvalue weighted by atomic mass is 10.0. The van der Waals surface area contributed by atoms with E-state index >= 15 is 0 Å². The van der Waals surface area contributed by atoms with Crippen molar-refractivity contribution in [2.45, 2.75) is 45.8 Å². The van der Waals surface area contributed by atoms with Gasteiger partial charge in [-0.05, 0) is 33.7 Å². The molecule has 0 aliphatic rings. The molecule has 0 fully saturated rings. The van der Waals surface area contributed by atoms with Gasteiger partial charge in [-0.3, -0.25) is 0 Å². The molecule has 0 saturated carbocycles. The van der Waals surface area contributed by atoms with E-state index in [1.165, 1.54) is 0 Å². The quantitative estimate of drug-likeness (QED) is 0.622. The Morgan fingerprint density at radius 3 is 2.30 bits per heavy atom. The fourth-order valence-electron chi connectivity index (χ4n) is 1.17. The van der Waals surface area contributed by atoms with E-state index in [0.717, 1.165) is 13.0 Å². The Bertz CT molecular complexity index is 85.7. The molecule has 0 aromatic rings. The molecule has 0 aromatic carbocycles. The Morgan fingerprint density at radius 1 is 1.50 bits per heavy atom. The zero-order valence-electron chi connectivity index (χ0n) is 7.44. The van der Waals surface area contributed by atoms with Crippen LogP contribution in [0.1, 0.15) is 34.1 Å². The summed E-state index contributed by atoms with van der Waals surface area (Å²) in [5.74, 6) is 0. The van der Waals surface area contributed by atoms with Gasteiger partial charge in [-0.15, -0.1) is 0 Å². The van der Waals surface area contributed by atoms with E-state index in [1.807, 2.05) is 13.8 Å². The summed E-state index contributed by atoms with van der Waals surface area (Å²) in [6.45, 7) is 8.79. The van der Waals surface area contributed by atoms with Gasteiger partial charge in [0, 0.05) is 6.04 Å². The molecule has 62 valence electrons. The van der Waals surface area contributed by atoms with Crippen LogP contribution in [0.4, 0.5) is 0 Å². The van der Waals surface area contributed by atoms with Crippen molar-refractivity contribution in [3.05, 3.63) is 0 Å². The molecule has 2 nitrogen and oxygen atoms in total. The van der Waals surface area contributed by atoms with E-state index < -0.39 is 5.60 Å². The van der Waals surface area contributed by atoms with Crippen LogP contribution < -0.4 is 5.32 Å². The van der Waals surface area contributed by atoms with Crippen molar-refractivity contribution in [3.8, 4) is 0 Å². The smallest absolute Gasteiger partial charge is 0.0606 e. The Hall–Kier alpha value is -0.0800. The topological polar surface area (TPSA) is 32.3 Å². The predicted molar refractivity (Wildman–Crippen MR) is 44.1 cm³/mol. The monoisotopic (exact) mass is 145 g/mol. The van der Waals surface area contributed by atoms with Crippen molar-refractivity contribution in [3.63, 3.8) is 0 Å². The third-order valence-corrected chi connectivity index (χ3v) is 1.36. The van der Waals surface area contributed by atoms with Crippen LogP contribution in [0.15, 0.2) is 0 Å². The summed E-state index contributed by atoms with van der Waals surface area (Å²) in [5, 5.41) is 12.6. The maximum absolute atomic E-state index is 9.37. The molecule has 0 heterocycles. The van der Waals surface area contributed by atoms with Gasteiger partial charge < -0.3 is 10.4 Å². The lowest BCUT2D eigenvalue weighted by Gasteiger charge is -2.22. The van der Waals surface area contributed by atoms with Gasteiger partial charge in [0.25, 0.3) is 0 Å². The molecule has 0 aliphatic carbocycles. The molecule has 0 aliphatic heterocycles. The summed E-state index contributed by atoms with van der Waals surface area (Å²) in [5.41, 5.74) is -0.540. The molecule has 0 spiro atoms. The maximum Gasteiger partial charge on any atom is 0.0606 e. The largest absolute Gasteiger partial charge is 0.390 e. The van der Waals surface area contributed by atoms with Crippen LogP contribution >= 0.6 is 0 Å². The average molecular weight is 145 g/mol. The highest BCUT2D eigenvalue weighted by molar-refractivity contribution is 4.72. The zero-order chi connectivity index (χ0) is 8.20. The van der Waals surface area contributed by atoms with Gasteiger partial charge in [0.1, 0.15) is 0 Å². The molecule has 0 rings (SSSR count). The SMILES string of the molecule is CCNC(C)CC(C)(C)O. The van der Waals surface area contributed by atoms with E-state index in [2.05, 4.69) is 19.2 Å². The number of nitrogens with one attached hydrogen (secondary N) is 1. The highest BCUT2D eigenvalue weighted by Crippen LogP contribution is 2.09. The summed E-state index contributed by atoms with van der Waals surface area (Å²) in [6.07, 6.45) is 0.806. The summed E-state index contributed by atoms with van der Waals surface area (Å²) < 4.78 is 0. The molecule has 1 unspecified atom stereocenters. The first-order valence-electron chi connectivity index (χ1n) is 3.91. The Kier molecular flexibility index (Phi) is 3.91. The van der Waals surface area contributed by atoms with Crippen LogP contribution in [0.25, 0.3) is 0 Å². The van der Waals surface area contributed by atoms with Gasteiger partial charge in [-0.1, -0.05) is 6.92 Å². The van der Waals surface area contributed by atoms with Gasteiger partial charge in [0.2, 0.25) is 0 Å². The standard InChI is InChI=1S/C8H19NO/c1-5-9-7(2)6-8(3,4)10/h7,9-10H,5-6H2,1-4H3. The minimum Gasteiger partial charge on any atom is -0.390 e. The molecule has 10 heavy (non-hydrogen) atoms. The van der Waals surface area contributed by atoms with Gasteiger partial charge in [-0.2, -0.15) is 0 Å². The van der Waals surface area contributed by atoms with Gasteiger partial charge >= 0.3 is 0 Å². The van der Waals surface area contributed by atoms with Crippen LogP contribution in [0.3, 0.4) is 0 Å². The molecular weight excluding hydrogens is 126 g/mol. The lowest BCUT2D eigenvalue weighted by Crippen LogP contribution is -2.34. The molecular formula is C8H19NO. The summed E-state index contributed by atoms with van der Waals surface area (Å²) >= 11 is 0. The first-order chi connectivity index (χ1) is 4.45. The molecule has 0 bridgehead atoms. The molecule has 1 atom stereocenters. The highest BCUT2D eigenvalue weighted by Gasteiger charge is 2.15. The van der Waals surface area contributed by atoms with Crippen molar-refractivity contribution in [2.75, 3.05) is 6.54 Å². The van der Waals surface area contributed by atoms with E-state index in [-0.39, 0.29) is 0 Å². The second-order valence-corrected chi connectivity index (χ2v) is 3.48. The zero-order valence-corrected chi connectivity index (χ0v) is 7.44. The van der Waals surface area contributed by atoms with Crippen molar-refractivity contribution in [2.24, 2.45) is 0 Å². The Balaban J connectivity index is 3.47. The Morgan fingerprint density at radius 2 is 2.00 bits per heavy atom. The maximum atomic E-state index is 9.37. The Labute approximate surface area is 63.6 Å². The summed E-state index contributed by atoms with van der Waals surface area (Å²) in [7, 11) is 0. The minimum absolute atomic E-state index is 0.407. The van der Waals surface area contributed by atoms with Crippen molar-refractivity contribution in [1.29, 1.82) is 0 Å². The van der Waals surface area contributed by atoms with Crippen molar-refractivity contribution in [1.82, 2.24) is 5.32 Å². The molecule has 2 heteroatoms. The number of hydrogen-bond donors (Lipinski definition) is 2. The van der Waals surface area contributed by atoms with Crippen LogP contribution in [0.2, 0.25) is 0 Å². The molecule has 0 saturated heterocycles. The third-order valence-electron chi connectivity index (χ3n) is 1.36. The third kappa shape index (κ3) is 6.05. The first kappa shape index (κ1) is 9.92.